The number of benzene rings is 1. The molecule has 0 aliphatic heterocycles. The Hall–Kier alpha value is -2.01. The van der Waals surface area contributed by atoms with Gasteiger partial charge in [-0.1, -0.05) is 11.6 Å². The lowest BCUT2D eigenvalue weighted by Crippen LogP contribution is -2.22. The highest BCUT2D eigenvalue weighted by Crippen LogP contribution is 2.22. The standard InChI is InChI=1S/C15H19ClN4O/c1-4-20-10-17-8-12(20)9-18-11-5-6-14(16)13(7-11)15(21)19(2)3/h5-8,10,18H,4,9H2,1-3H3. The number of nitrogens with zero attached hydrogens (tertiary/aromatic N) is 3. The quantitative estimate of drug-likeness (QED) is 0.924. The van der Waals surface area contributed by atoms with Gasteiger partial charge in [0.05, 0.1) is 29.2 Å². The molecule has 0 fully saturated rings. The molecule has 0 atom stereocenters. The molecule has 0 spiro atoms. The van der Waals surface area contributed by atoms with Crippen LogP contribution < -0.4 is 5.32 Å². The summed E-state index contributed by atoms with van der Waals surface area (Å²) >= 11 is 6.09. The van der Waals surface area contributed by atoms with Crippen LogP contribution in [0.1, 0.15) is 23.0 Å². The number of aromatic nitrogens is 2. The molecular weight excluding hydrogens is 288 g/mol. The summed E-state index contributed by atoms with van der Waals surface area (Å²) in [6, 6.07) is 5.37. The largest absolute Gasteiger partial charge is 0.379 e. The van der Waals surface area contributed by atoms with Crippen molar-refractivity contribution in [2.45, 2.75) is 20.0 Å². The topological polar surface area (TPSA) is 50.2 Å². The second-order valence-electron chi connectivity index (χ2n) is 4.92. The maximum Gasteiger partial charge on any atom is 0.254 e. The van der Waals surface area contributed by atoms with Crippen LogP contribution in [0.25, 0.3) is 0 Å². The van der Waals surface area contributed by atoms with E-state index in [1.807, 2.05) is 12.3 Å². The molecule has 21 heavy (non-hydrogen) atoms. The molecule has 0 unspecified atom stereocenters. The van der Waals surface area contributed by atoms with Crippen LogP contribution in [-0.4, -0.2) is 34.5 Å². The number of carbonyl (C=O) groups is 1. The first kappa shape index (κ1) is 15.4. The number of nitrogens with one attached hydrogen (secondary N) is 1. The van der Waals surface area contributed by atoms with Gasteiger partial charge < -0.3 is 14.8 Å². The third-order valence-corrected chi connectivity index (χ3v) is 3.55. The van der Waals surface area contributed by atoms with Crippen molar-refractivity contribution in [1.29, 1.82) is 0 Å². The molecule has 0 saturated carbocycles. The van der Waals surface area contributed by atoms with Crippen molar-refractivity contribution in [3.63, 3.8) is 0 Å². The van der Waals surface area contributed by atoms with Gasteiger partial charge in [0.2, 0.25) is 0 Å². The van der Waals surface area contributed by atoms with Gasteiger partial charge in [-0.2, -0.15) is 0 Å². The first-order valence-electron chi connectivity index (χ1n) is 6.77. The van der Waals surface area contributed by atoms with Crippen LogP contribution in [0.5, 0.6) is 0 Å². The fourth-order valence-corrected chi connectivity index (χ4v) is 2.21. The smallest absolute Gasteiger partial charge is 0.254 e. The van der Waals surface area contributed by atoms with E-state index in [1.54, 1.807) is 32.6 Å². The normalized spacial score (nSPS) is 10.5. The van der Waals surface area contributed by atoms with E-state index in [-0.39, 0.29) is 5.91 Å². The Kier molecular flexibility index (Phi) is 4.85. The maximum atomic E-state index is 12.1. The van der Waals surface area contributed by atoms with Crippen LogP contribution >= 0.6 is 11.6 Å². The molecule has 1 aromatic heterocycles. The summed E-state index contributed by atoms with van der Waals surface area (Å²) < 4.78 is 2.06. The van der Waals surface area contributed by atoms with E-state index in [2.05, 4.69) is 21.8 Å². The summed E-state index contributed by atoms with van der Waals surface area (Å²) in [5.41, 5.74) is 2.44. The minimum atomic E-state index is -0.109. The molecule has 0 aliphatic carbocycles. The number of hydrogen-bond donors (Lipinski definition) is 1. The van der Waals surface area contributed by atoms with Crippen molar-refractivity contribution in [2.24, 2.45) is 0 Å². The first-order valence-corrected chi connectivity index (χ1v) is 7.14. The summed E-state index contributed by atoms with van der Waals surface area (Å²) in [6.07, 6.45) is 3.64. The molecule has 1 N–H and O–H groups in total. The lowest BCUT2D eigenvalue weighted by Gasteiger charge is -2.14. The Labute approximate surface area is 129 Å². The number of imidazole rings is 1. The van der Waals surface area contributed by atoms with Gasteiger partial charge >= 0.3 is 0 Å². The van der Waals surface area contributed by atoms with Crippen molar-refractivity contribution in [3.05, 3.63) is 47.0 Å². The molecular formula is C15H19ClN4O. The zero-order valence-corrected chi connectivity index (χ0v) is 13.2. The predicted octanol–water partition coefficient (Wildman–Crippen LogP) is 2.87. The second-order valence-corrected chi connectivity index (χ2v) is 5.33. The van der Waals surface area contributed by atoms with Crippen LogP contribution in [0.2, 0.25) is 5.02 Å². The molecule has 1 amide bonds. The number of aryl methyl sites for hydroxylation is 1. The molecule has 112 valence electrons. The van der Waals surface area contributed by atoms with Crippen molar-refractivity contribution >= 4 is 23.2 Å². The van der Waals surface area contributed by atoms with Crippen LogP contribution in [-0.2, 0) is 13.1 Å². The van der Waals surface area contributed by atoms with Crippen LogP contribution in [0.4, 0.5) is 5.69 Å². The number of anilines is 1. The van der Waals surface area contributed by atoms with Crippen LogP contribution in [0.15, 0.2) is 30.7 Å². The molecule has 1 aromatic carbocycles. The Balaban J connectivity index is 2.14. The van der Waals surface area contributed by atoms with Gasteiger partial charge in [-0.05, 0) is 25.1 Å². The fourth-order valence-electron chi connectivity index (χ4n) is 2.01. The second kappa shape index (κ2) is 6.63. The molecule has 6 heteroatoms. The molecule has 1 heterocycles. The monoisotopic (exact) mass is 306 g/mol. The minimum Gasteiger partial charge on any atom is -0.379 e. The number of rotatable bonds is 5. The van der Waals surface area contributed by atoms with E-state index in [1.165, 1.54) is 4.90 Å². The number of hydrogen-bond acceptors (Lipinski definition) is 3. The average molecular weight is 307 g/mol. The summed E-state index contributed by atoms with van der Waals surface area (Å²) in [7, 11) is 3.41. The Morgan fingerprint density at radius 1 is 1.43 bits per heavy atom. The average Bonchev–Trinajstić information content (AvgIpc) is 2.93. The number of carbonyl (C=O) groups excluding carboxylic acids is 1. The van der Waals surface area contributed by atoms with E-state index in [0.29, 0.717) is 17.1 Å². The summed E-state index contributed by atoms with van der Waals surface area (Å²) in [6.45, 7) is 3.59. The van der Waals surface area contributed by atoms with Gasteiger partial charge in [0.15, 0.2) is 0 Å². The summed E-state index contributed by atoms with van der Waals surface area (Å²) in [5, 5.41) is 3.75. The molecule has 2 aromatic rings. The first-order chi connectivity index (χ1) is 10.0. The third kappa shape index (κ3) is 3.55. The van der Waals surface area contributed by atoms with Gasteiger partial charge in [-0.3, -0.25) is 4.79 Å². The highest BCUT2D eigenvalue weighted by molar-refractivity contribution is 6.34. The minimum absolute atomic E-state index is 0.109. The highest BCUT2D eigenvalue weighted by Gasteiger charge is 2.13. The van der Waals surface area contributed by atoms with E-state index < -0.39 is 0 Å². The summed E-state index contributed by atoms with van der Waals surface area (Å²) in [5.74, 6) is -0.109. The maximum absolute atomic E-state index is 12.1. The molecule has 0 aliphatic rings. The zero-order chi connectivity index (χ0) is 15.4. The zero-order valence-electron chi connectivity index (χ0n) is 12.4. The summed E-state index contributed by atoms with van der Waals surface area (Å²) in [4.78, 5) is 17.7. The number of halogens is 1. The highest BCUT2D eigenvalue weighted by atomic mass is 35.5. The lowest BCUT2D eigenvalue weighted by molar-refractivity contribution is 0.0828. The Morgan fingerprint density at radius 3 is 2.86 bits per heavy atom. The van der Waals surface area contributed by atoms with E-state index in [0.717, 1.165) is 17.9 Å². The van der Waals surface area contributed by atoms with Crippen LogP contribution in [0, 0.1) is 0 Å². The van der Waals surface area contributed by atoms with Gasteiger partial charge in [0.25, 0.3) is 5.91 Å². The lowest BCUT2D eigenvalue weighted by atomic mass is 10.1. The molecule has 0 radical (unpaired) electrons. The van der Waals surface area contributed by atoms with Crippen LogP contribution in [0.3, 0.4) is 0 Å². The third-order valence-electron chi connectivity index (χ3n) is 3.22. The molecule has 2 rings (SSSR count). The SMILES string of the molecule is CCn1cncc1CNc1ccc(Cl)c(C(=O)N(C)C)c1. The van der Waals surface area contributed by atoms with E-state index in [4.69, 9.17) is 11.6 Å². The van der Waals surface area contributed by atoms with Crippen molar-refractivity contribution in [1.82, 2.24) is 14.5 Å². The van der Waals surface area contributed by atoms with Gasteiger partial charge in [0.1, 0.15) is 0 Å². The molecule has 0 bridgehead atoms. The van der Waals surface area contributed by atoms with Gasteiger partial charge in [0, 0.05) is 32.5 Å². The predicted molar refractivity (Wildman–Crippen MR) is 84.7 cm³/mol. The fraction of sp³-hybridized carbons (Fsp3) is 0.333. The van der Waals surface area contributed by atoms with Crippen molar-refractivity contribution in [3.8, 4) is 0 Å². The number of amides is 1. The molecule has 0 saturated heterocycles. The van der Waals surface area contributed by atoms with Gasteiger partial charge in [-0.25, -0.2) is 4.98 Å². The Morgan fingerprint density at radius 2 is 2.19 bits per heavy atom. The van der Waals surface area contributed by atoms with Crippen molar-refractivity contribution in [2.75, 3.05) is 19.4 Å². The van der Waals surface area contributed by atoms with E-state index in [9.17, 15) is 4.79 Å². The Bertz CT molecular complexity index is 636. The van der Waals surface area contributed by atoms with E-state index >= 15 is 0 Å². The molecule has 5 nitrogen and oxygen atoms in total. The van der Waals surface area contributed by atoms with Gasteiger partial charge in [-0.15, -0.1) is 0 Å². The van der Waals surface area contributed by atoms with Crippen molar-refractivity contribution < 1.29 is 4.79 Å².